The molecule has 0 aliphatic carbocycles. The molecule has 0 aliphatic rings. The molecular formula is C24H21F6S+. The highest BCUT2D eigenvalue weighted by atomic mass is 32.2. The minimum atomic E-state index is -4.89. The van der Waals surface area contributed by atoms with Crippen molar-refractivity contribution >= 4 is 10.9 Å². The minimum Gasteiger partial charge on any atom is -0.166 e. The molecule has 0 N–H and O–H groups in total. The van der Waals surface area contributed by atoms with E-state index >= 15 is 0 Å². The van der Waals surface area contributed by atoms with Crippen molar-refractivity contribution in [1.29, 1.82) is 0 Å². The topological polar surface area (TPSA) is 0 Å². The molecule has 164 valence electrons. The Labute approximate surface area is 180 Å². The Morgan fingerprint density at radius 2 is 0.742 bits per heavy atom. The van der Waals surface area contributed by atoms with Crippen LogP contribution in [0, 0.1) is 27.7 Å². The molecule has 0 aromatic heterocycles. The van der Waals surface area contributed by atoms with Crippen LogP contribution in [0.4, 0.5) is 26.3 Å². The molecule has 0 bridgehead atoms. The summed E-state index contributed by atoms with van der Waals surface area (Å²) in [6, 6.07) is 13.0. The van der Waals surface area contributed by atoms with Gasteiger partial charge in [0.1, 0.15) is 0 Å². The highest BCUT2D eigenvalue weighted by molar-refractivity contribution is 7.97. The SMILES string of the molecule is Cc1cc(C)cc([S+](c2cc(C)cc(C)c2)c2cc(C(F)(F)F)cc(C(F)(F)F)c2)c1. The van der Waals surface area contributed by atoms with E-state index in [0.29, 0.717) is 9.79 Å². The number of benzene rings is 3. The van der Waals surface area contributed by atoms with Gasteiger partial charge in [0.25, 0.3) is 0 Å². The van der Waals surface area contributed by atoms with Gasteiger partial charge in [-0.05, 0) is 80.3 Å². The summed E-state index contributed by atoms with van der Waals surface area (Å²) in [4.78, 5) is 1.34. The van der Waals surface area contributed by atoms with Gasteiger partial charge in [-0.15, -0.1) is 0 Å². The van der Waals surface area contributed by atoms with E-state index in [1.807, 2.05) is 64.1 Å². The molecule has 0 saturated carbocycles. The molecule has 3 rings (SSSR count). The lowest BCUT2D eigenvalue weighted by Gasteiger charge is -2.16. The standard InChI is InChI=1S/C24H21F6S/c1-14-5-15(2)8-20(7-14)31(21-9-16(3)6-17(4)10-21)22-12-18(23(25,26)27)11-19(13-22)24(28,29)30/h5-13H,1-4H3/q+1. The average Bonchev–Trinajstić information content (AvgIpc) is 2.58. The van der Waals surface area contributed by atoms with Crippen LogP contribution in [-0.4, -0.2) is 0 Å². The molecule has 0 spiro atoms. The van der Waals surface area contributed by atoms with E-state index in [1.54, 1.807) is 0 Å². The molecule has 0 nitrogen and oxygen atoms in total. The van der Waals surface area contributed by atoms with Crippen LogP contribution in [0.15, 0.2) is 69.3 Å². The summed E-state index contributed by atoms with van der Waals surface area (Å²) in [7, 11) is -1.15. The Morgan fingerprint density at radius 1 is 0.452 bits per heavy atom. The van der Waals surface area contributed by atoms with Crippen LogP contribution in [-0.2, 0) is 23.2 Å². The maximum absolute atomic E-state index is 13.5. The van der Waals surface area contributed by atoms with Crippen molar-refractivity contribution in [3.05, 3.63) is 88.0 Å². The molecule has 0 radical (unpaired) electrons. The number of alkyl halides is 6. The van der Waals surface area contributed by atoms with Gasteiger partial charge < -0.3 is 0 Å². The van der Waals surface area contributed by atoms with Crippen molar-refractivity contribution < 1.29 is 26.3 Å². The first kappa shape index (κ1) is 23.3. The third-order valence-electron chi connectivity index (χ3n) is 4.66. The molecule has 3 aromatic rings. The van der Waals surface area contributed by atoms with Crippen LogP contribution in [0.25, 0.3) is 0 Å². The quantitative estimate of drug-likeness (QED) is 0.277. The second-order valence-electron chi connectivity index (χ2n) is 7.69. The zero-order valence-electron chi connectivity index (χ0n) is 17.4. The zero-order valence-corrected chi connectivity index (χ0v) is 18.2. The minimum absolute atomic E-state index is 0.0165. The van der Waals surface area contributed by atoms with E-state index in [2.05, 4.69) is 0 Å². The van der Waals surface area contributed by atoms with E-state index in [9.17, 15) is 26.3 Å². The van der Waals surface area contributed by atoms with Gasteiger partial charge in [-0.2, -0.15) is 26.3 Å². The molecule has 0 amide bonds. The largest absolute Gasteiger partial charge is 0.416 e. The van der Waals surface area contributed by atoms with Crippen LogP contribution >= 0.6 is 0 Å². The molecular weight excluding hydrogens is 434 g/mol. The molecule has 0 atom stereocenters. The van der Waals surface area contributed by atoms with Crippen LogP contribution in [0.5, 0.6) is 0 Å². The molecule has 0 fully saturated rings. The Balaban J connectivity index is 2.36. The lowest BCUT2D eigenvalue weighted by molar-refractivity contribution is -0.143. The van der Waals surface area contributed by atoms with Gasteiger partial charge in [0.05, 0.1) is 22.0 Å². The lowest BCUT2D eigenvalue weighted by Crippen LogP contribution is -2.14. The van der Waals surface area contributed by atoms with E-state index in [0.717, 1.165) is 34.4 Å². The Hall–Kier alpha value is -2.41. The first-order valence-electron chi connectivity index (χ1n) is 9.44. The normalized spacial score (nSPS) is 12.5. The summed E-state index contributed by atoms with van der Waals surface area (Å²) in [6.07, 6.45) is -9.79. The number of hydrogen-bond donors (Lipinski definition) is 0. The predicted molar refractivity (Wildman–Crippen MR) is 110 cm³/mol. The fourth-order valence-corrected chi connectivity index (χ4v) is 6.08. The molecule has 0 aliphatic heterocycles. The smallest absolute Gasteiger partial charge is 0.166 e. The zero-order chi connectivity index (χ0) is 23.1. The Kier molecular flexibility index (Phi) is 6.20. The first-order chi connectivity index (χ1) is 14.2. The summed E-state index contributed by atoms with van der Waals surface area (Å²) in [5, 5.41) is 0. The van der Waals surface area contributed by atoms with Crippen LogP contribution in [0.1, 0.15) is 33.4 Å². The van der Waals surface area contributed by atoms with Crippen molar-refractivity contribution in [3.8, 4) is 0 Å². The fraction of sp³-hybridized carbons (Fsp3) is 0.250. The molecule has 0 unspecified atom stereocenters. The van der Waals surface area contributed by atoms with E-state index in [-0.39, 0.29) is 11.0 Å². The van der Waals surface area contributed by atoms with Gasteiger partial charge in [0, 0.05) is 12.1 Å². The number of aryl methyl sites for hydroxylation is 4. The molecule has 0 heterocycles. The van der Waals surface area contributed by atoms with Gasteiger partial charge in [0.15, 0.2) is 14.7 Å². The third-order valence-corrected chi connectivity index (χ3v) is 6.78. The predicted octanol–water partition coefficient (Wildman–Crippen LogP) is 8.05. The highest BCUT2D eigenvalue weighted by Crippen LogP contribution is 2.41. The number of rotatable bonds is 3. The van der Waals surface area contributed by atoms with Crippen molar-refractivity contribution in [2.24, 2.45) is 0 Å². The Morgan fingerprint density at radius 3 is 1.03 bits per heavy atom. The molecule has 3 aromatic carbocycles. The number of halogens is 6. The first-order valence-corrected chi connectivity index (χ1v) is 10.7. The lowest BCUT2D eigenvalue weighted by atomic mass is 10.1. The summed E-state index contributed by atoms with van der Waals surface area (Å²) >= 11 is 0. The maximum atomic E-state index is 13.5. The van der Waals surface area contributed by atoms with E-state index in [4.69, 9.17) is 0 Å². The summed E-state index contributed by atoms with van der Waals surface area (Å²) in [6.45, 7) is 7.42. The highest BCUT2D eigenvalue weighted by Gasteiger charge is 2.40. The van der Waals surface area contributed by atoms with Crippen LogP contribution < -0.4 is 0 Å². The van der Waals surface area contributed by atoms with Crippen molar-refractivity contribution in [3.63, 3.8) is 0 Å². The van der Waals surface area contributed by atoms with Crippen LogP contribution in [0.3, 0.4) is 0 Å². The molecule has 7 heteroatoms. The van der Waals surface area contributed by atoms with Gasteiger partial charge in [-0.25, -0.2) is 0 Å². The van der Waals surface area contributed by atoms with Gasteiger partial charge >= 0.3 is 12.4 Å². The van der Waals surface area contributed by atoms with E-state index < -0.39 is 34.4 Å². The monoisotopic (exact) mass is 455 g/mol. The second-order valence-corrected chi connectivity index (χ2v) is 9.72. The van der Waals surface area contributed by atoms with Gasteiger partial charge in [0.2, 0.25) is 0 Å². The van der Waals surface area contributed by atoms with Crippen molar-refractivity contribution in [2.75, 3.05) is 0 Å². The van der Waals surface area contributed by atoms with Gasteiger partial charge in [-0.1, -0.05) is 12.1 Å². The fourth-order valence-electron chi connectivity index (χ4n) is 3.55. The second kappa shape index (κ2) is 8.26. The van der Waals surface area contributed by atoms with Gasteiger partial charge in [-0.3, -0.25) is 0 Å². The average molecular weight is 455 g/mol. The molecule has 31 heavy (non-hydrogen) atoms. The van der Waals surface area contributed by atoms with Crippen molar-refractivity contribution in [1.82, 2.24) is 0 Å². The van der Waals surface area contributed by atoms with Crippen LogP contribution in [0.2, 0.25) is 0 Å². The number of hydrogen-bond acceptors (Lipinski definition) is 0. The Bertz CT molecular complexity index is 988. The summed E-state index contributed by atoms with van der Waals surface area (Å²) in [5.74, 6) is 0. The third kappa shape index (κ3) is 5.45. The summed E-state index contributed by atoms with van der Waals surface area (Å²) < 4.78 is 81.0. The molecule has 0 saturated heterocycles. The summed E-state index contributed by atoms with van der Waals surface area (Å²) in [5.41, 5.74) is 0.951. The van der Waals surface area contributed by atoms with E-state index in [1.165, 1.54) is 0 Å². The van der Waals surface area contributed by atoms with Crippen molar-refractivity contribution in [2.45, 2.75) is 54.7 Å². The maximum Gasteiger partial charge on any atom is 0.416 e.